The number of amides is 1. The van der Waals surface area contributed by atoms with Gasteiger partial charge in [0, 0.05) is 23.6 Å². The summed E-state index contributed by atoms with van der Waals surface area (Å²) in [7, 11) is 0. The summed E-state index contributed by atoms with van der Waals surface area (Å²) < 4.78 is 0.748. The molecule has 1 aliphatic heterocycles. The molecule has 0 atom stereocenters. The van der Waals surface area contributed by atoms with Crippen LogP contribution in [0.4, 0.5) is 5.69 Å². The second-order valence-corrected chi connectivity index (χ2v) is 5.18. The largest absolute Gasteiger partial charge is 0.371 e. The van der Waals surface area contributed by atoms with E-state index >= 15 is 0 Å². The van der Waals surface area contributed by atoms with Gasteiger partial charge in [-0.25, -0.2) is 0 Å². The summed E-state index contributed by atoms with van der Waals surface area (Å²) in [5.74, 6) is -0.401. The molecule has 0 aliphatic carbocycles. The normalized spacial score (nSPS) is 17.2. The highest BCUT2D eigenvalue weighted by atomic mass is 79.9. The lowest BCUT2D eigenvalue weighted by atomic mass is 10.0. The van der Waals surface area contributed by atoms with Crippen molar-refractivity contribution in [1.29, 1.82) is 0 Å². The van der Waals surface area contributed by atoms with Gasteiger partial charge in [-0.1, -0.05) is 6.07 Å². The molecule has 17 heavy (non-hydrogen) atoms. The second-order valence-electron chi connectivity index (χ2n) is 4.32. The van der Waals surface area contributed by atoms with Crippen molar-refractivity contribution in [3.63, 3.8) is 0 Å². The van der Waals surface area contributed by atoms with E-state index in [4.69, 9.17) is 11.5 Å². The lowest BCUT2D eigenvalue weighted by Crippen LogP contribution is -2.40. The van der Waals surface area contributed by atoms with E-state index in [0.717, 1.165) is 36.1 Å². The highest BCUT2D eigenvalue weighted by Gasteiger charge is 2.21. The molecular weight excluding hydrogens is 282 g/mol. The number of anilines is 1. The summed E-state index contributed by atoms with van der Waals surface area (Å²) in [6, 6.07) is 5.96. The molecule has 0 bridgehead atoms. The van der Waals surface area contributed by atoms with Crippen molar-refractivity contribution < 1.29 is 4.79 Å². The van der Waals surface area contributed by atoms with Crippen molar-refractivity contribution in [2.24, 2.45) is 11.5 Å². The Balaban J connectivity index is 2.32. The van der Waals surface area contributed by atoms with Crippen molar-refractivity contribution in [2.75, 3.05) is 18.0 Å². The number of carbonyl (C=O) groups is 1. The van der Waals surface area contributed by atoms with Gasteiger partial charge in [0.05, 0.1) is 11.3 Å². The van der Waals surface area contributed by atoms with Gasteiger partial charge >= 0.3 is 0 Å². The number of piperidine rings is 1. The van der Waals surface area contributed by atoms with Crippen LogP contribution in [0.2, 0.25) is 0 Å². The molecule has 1 saturated heterocycles. The van der Waals surface area contributed by atoms with E-state index in [1.54, 1.807) is 0 Å². The number of hydrogen-bond donors (Lipinski definition) is 2. The molecule has 2 rings (SSSR count). The number of benzene rings is 1. The van der Waals surface area contributed by atoms with E-state index in [-0.39, 0.29) is 6.04 Å². The van der Waals surface area contributed by atoms with Crippen molar-refractivity contribution in [3.05, 3.63) is 28.2 Å². The third-order valence-electron chi connectivity index (χ3n) is 3.12. The fourth-order valence-corrected chi connectivity index (χ4v) is 2.71. The van der Waals surface area contributed by atoms with E-state index in [1.807, 2.05) is 18.2 Å². The van der Waals surface area contributed by atoms with Crippen molar-refractivity contribution >= 4 is 27.5 Å². The second kappa shape index (κ2) is 5.06. The quantitative estimate of drug-likeness (QED) is 0.868. The fraction of sp³-hybridized carbons (Fsp3) is 0.417. The molecule has 5 heteroatoms. The average molecular weight is 298 g/mol. The van der Waals surface area contributed by atoms with Crippen LogP contribution in [-0.4, -0.2) is 25.0 Å². The maximum atomic E-state index is 11.5. The molecular formula is C12H16BrN3O. The molecule has 4 N–H and O–H groups in total. The molecule has 0 aromatic heterocycles. The highest BCUT2D eigenvalue weighted by molar-refractivity contribution is 9.10. The predicted molar refractivity (Wildman–Crippen MR) is 72.1 cm³/mol. The van der Waals surface area contributed by atoms with Crippen LogP contribution in [0.5, 0.6) is 0 Å². The van der Waals surface area contributed by atoms with Gasteiger partial charge in [-0.15, -0.1) is 0 Å². The minimum Gasteiger partial charge on any atom is -0.371 e. The molecule has 0 saturated carbocycles. The minimum atomic E-state index is -0.401. The monoisotopic (exact) mass is 297 g/mol. The first-order valence-electron chi connectivity index (χ1n) is 5.68. The lowest BCUT2D eigenvalue weighted by Gasteiger charge is -2.33. The molecule has 4 nitrogen and oxygen atoms in total. The van der Waals surface area contributed by atoms with Gasteiger partial charge in [0.15, 0.2) is 0 Å². The molecule has 1 aromatic rings. The Hall–Kier alpha value is -1.07. The van der Waals surface area contributed by atoms with Crippen molar-refractivity contribution in [3.8, 4) is 0 Å². The van der Waals surface area contributed by atoms with Gasteiger partial charge in [0.1, 0.15) is 0 Å². The van der Waals surface area contributed by atoms with Crippen LogP contribution in [-0.2, 0) is 0 Å². The Morgan fingerprint density at radius 1 is 1.35 bits per heavy atom. The first-order chi connectivity index (χ1) is 8.09. The number of hydrogen-bond acceptors (Lipinski definition) is 3. The lowest BCUT2D eigenvalue weighted by molar-refractivity contribution is 0.1000. The van der Waals surface area contributed by atoms with Gasteiger partial charge < -0.3 is 16.4 Å². The SMILES string of the molecule is NC(=O)c1c(Br)cccc1N1CCC(N)CC1. The topological polar surface area (TPSA) is 72.4 Å². The number of nitrogens with two attached hydrogens (primary N) is 2. The van der Waals surface area contributed by atoms with E-state index in [1.165, 1.54) is 0 Å². The van der Waals surface area contributed by atoms with Gasteiger partial charge in [-0.05, 0) is 40.9 Å². The molecule has 1 fully saturated rings. The summed E-state index contributed by atoms with van der Waals surface area (Å²) in [6.45, 7) is 1.75. The zero-order chi connectivity index (χ0) is 12.4. The summed E-state index contributed by atoms with van der Waals surface area (Å²) in [5, 5.41) is 0. The molecule has 92 valence electrons. The van der Waals surface area contributed by atoms with Crippen LogP contribution in [0.1, 0.15) is 23.2 Å². The summed E-state index contributed by atoms with van der Waals surface area (Å²) in [4.78, 5) is 13.7. The molecule has 1 aromatic carbocycles. The minimum absolute atomic E-state index is 0.274. The smallest absolute Gasteiger partial charge is 0.251 e. The number of halogens is 1. The standard InChI is InChI=1S/C12H16BrN3O/c13-9-2-1-3-10(11(9)12(15)17)16-6-4-8(14)5-7-16/h1-3,8H,4-7,14H2,(H2,15,17). The maximum Gasteiger partial charge on any atom is 0.251 e. The summed E-state index contributed by atoms with van der Waals surface area (Å²) in [5.41, 5.74) is 12.8. The number of rotatable bonds is 2. The van der Waals surface area contributed by atoms with Crippen LogP contribution in [0.15, 0.2) is 22.7 Å². The summed E-state index contributed by atoms with van der Waals surface area (Å²) in [6.07, 6.45) is 1.90. The first-order valence-corrected chi connectivity index (χ1v) is 6.47. The van der Waals surface area contributed by atoms with E-state index in [0.29, 0.717) is 5.56 Å². The van der Waals surface area contributed by atoms with Crippen LogP contribution in [0.25, 0.3) is 0 Å². The van der Waals surface area contributed by atoms with Gasteiger partial charge in [0.25, 0.3) is 5.91 Å². The Morgan fingerprint density at radius 2 is 2.00 bits per heavy atom. The van der Waals surface area contributed by atoms with Crippen molar-refractivity contribution in [2.45, 2.75) is 18.9 Å². The Morgan fingerprint density at radius 3 is 2.59 bits per heavy atom. The van der Waals surface area contributed by atoms with Gasteiger partial charge in [-0.3, -0.25) is 4.79 Å². The van der Waals surface area contributed by atoms with E-state index < -0.39 is 5.91 Å². The highest BCUT2D eigenvalue weighted by Crippen LogP contribution is 2.29. The van der Waals surface area contributed by atoms with Crippen molar-refractivity contribution in [1.82, 2.24) is 0 Å². The van der Waals surface area contributed by atoms with Crippen LogP contribution in [0, 0.1) is 0 Å². The van der Waals surface area contributed by atoms with Crippen LogP contribution < -0.4 is 16.4 Å². The zero-order valence-corrected chi connectivity index (χ0v) is 11.1. The molecule has 1 heterocycles. The third kappa shape index (κ3) is 2.61. The first kappa shape index (κ1) is 12.4. The Labute approximate surface area is 109 Å². The number of nitrogens with zero attached hydrogens (tertiary/aromatic N) is 1. The average Bonchev–Trinajstić information content (AvgIpc) is 2.29. The fourth-order valence-electron chi connectivity index (χ4n) is 2.16. The number of carbonyl (C=O) groups excluding carboxylic acids is 1. The molecule has 0 radical (unpaired) electrons. The number of primary amides is 1. The zero-order valence-electron chi connectivity index (χ0n) is 9.53. The molecule has 1 aliphatic rings. The molecule has 0 unspecified atom stereocenters. The third-order valence-corrected chi connectivity index (χ3v) is 3.78. The van der Waals surface area contributed by atoms with Crippen LogP contribution >= 0.6 is 15.9 Å². The summed E-state index contributed by atoms with van der Waals surface area (Å²) >= 11 is 3.37. The molecule has 0 spiro atoms. The van der Waals surface area contributed by atoms with Gasteiger partial charge in [0.2, 0.25) is 0 Å². The van der Waals surface area contributed by atoms with Gasteiger partial charge in [-0.2, -0.15) is 0 Å². The van der Waals surface area contributed by atoms with Crippen LogP contribution in [0.3, 0.4) is 0 Å². The van der Waals surface area contributed by atoms with E-state index in [9.17, 15) is 4.79 Å². The van der Waals surface area contributed by atoms with E-state index in [2.05, 4.69) is 20.8 Å². The predicted octanol–water partition coefficient (Wildman–Crippen LogP) is 1.48. The Kier molecular flexibility index (Phi) is 3.69. The molecule has 1 amide bonds. The maximum absolute atomic E-state index is 11.5. The Bertz CT molecular complexity index is 428.